The molecule has 1 heterocycles. The molecule has 1 atom stereocenters. The van der Waals surface area contributed by atoms with Gasteiger partial charge in [0.15, 0.2) is 10.7 Å². The van der Waals surface area contributed by atoms with Crippen molar-refractivity contribution in [2.75, 3.05) is 0 Å². The van der Waals surface area contributed by atoms with Crippen molar-refractivity contribution in [2.24, 2.45) is 0 Å². The average molecular weight is 324 g/mol. The Labute approximate surface area is 117 Å². The third kappa shape index (κ3) is 3.23. The molecule has 1 unspecified atom stereocenters. The third-order valence-corrected chi connectivity index (χ3v) is 2.90. The fourth-order valence-electron chi connectivity index (χ4n) is 1.58. The first-order valence-corrected chi connectivity index (χ1v) is 6.20. The molecule has 98 valence electrons. The molecule has 0 aliphatic carbocycles. The van der Waals surface area contributed by atoms with Gasteiger partial charge in [0, 0.05) is 6.07 Å². The lowest BCUT2D eigenvalue weighted by Crippen LogP contribution is -2.33. The Morgan fingerprint density at radius 2 is 1.95 bits per heavy atom. The van der Waals surface area contributed by atoms with Crippen molar-refractivity contribution < 1.29 is 19.1 Å². The molecule has 1 amide bonds. The Bertz CT molecular complexity index is 594. The lowest BCUT2D eigenvalue weighted by atomic mass is 10.1. The summed E-state index contributed by atoms with van der Waals surface area (Å²) in [5.41, 5.74) is 0.764. The van der Waals surface area contributed by atoms with Gasteiger partial charge in [-0.05, 0) is 21.5 Å². The number of furan rings is 1. The maximum Gasteiger partial charge on any atom is 0.330 e. The molecule has 0 aliphatic heterocycles. The predicted octanol–water partition coefficient (Wildman–Crippen LogP) is 2.60. The zero-order valence-electron chi connectivity index (χ0n) is 9.67. The van der Waals surface area contributed by atoms with E-state index in [4.69, 9.17) is 4.42 Å². The highest BCUT2D eigenvalue weighted by Crippen LogP contribution is 2.17. The van der Waals surface area contributed by atoms with E-state index in [9.17, 15) is 14.7 Å². The minimum Gasteiger partial charge on any atom is -0.479 e. The highest BCUT2D eigenvalue weighted by Gasteiger charge is 2.23. The van der Waals surface area contributed by atoms with Gasteiger partial charge < -0.3 is 14.8 Å². The quantitative estimate of drug-likeness (QED) is 0.906. The lowest BCUT2D eigenvalue weighted by Gasteiger charge is -2.14. The molecule has 0 fully saturated rings. The highest BCUT2D eigenvalue weighted by molar-refractivity contribution is 9.10. The van der Waals surface area contributed by atoms with Crippen LogP contribution < -0.4 is 5.32 Å². The molecular weight excluding hydrogens is 314 g/mol. The highest BCUT2D eigenvalue weighted by atomic mass is 79.9. The van der Waals surface area contributed by atoms with Gasteiger partial charge in [-0.1, -0.05) is 30.3 Å². The first kappa shape index (κ1) is 13.4. The number of aliphatic carboxylic acids is 1. The van der Waals surface area contributed by atoms with Gasteiger partial charge in [-0.25, -0.2) is 4.79 Å². The van der Waals surface area contributed by atoms with Crippen molar-refractivity contribution >= 4 is 27.8 Å². The van der Waals surface area contributed by atoms with Crippen molar-refractivity contribution in [3.05, 3.63) is 58.5 Å². The van der Waals surface area contributed by atoms with E-state index in [1.165, 1.54) is 12.3 Å². The maximum absolute atomic E-state index is 11.9. The zero-order chi connectivity index (χ0) is 13.8. The van der Waals surface area contributed by atoms with E-state index >= 15 is 0 Å². The molecule has 0 radical (unpaired) electrons. The number of carboxylic acid groups (broad SMARTS) is 1. The minimum atomic E-state index is -1.12. The van der Waals surface area contributed by atoms with Gasteiger partial charge in [-0.3, -0.25) is 4.79 Å². The van der Waals surface area contributed by atoms with Crippen LogP contribution in [0.5, 0.6) is 0 Å². The van der Waals surface area contributed by atoms with Crippen molar-refractivity contribution in [3.8, 4) is 0 Å². The van der Waals surface area contributed by atoms with Gasteiger partial charge in [0.2, 0.25) is 0 Å². The van der Waals surface area contributed by atoms with Gasteiger partial charge in [-0.2, -0.15) is 0 Å². The Morgan fingerprint density at radius 3 is 2.47 bits per heavy atom. The molecule has 5 nitrogen and oxygen atoms in total. The molecule has 2 rings (SSSR count). The Morgan fingerprint density at radius 1 is 1.26 bits per heavy atom. The Kier molecular flexibility index (Phi) is 4.01. The first-order valence-electron chi connectivity index (χ1n) is 5.40. The summed E-state index contributed by atoms with van der Waals surface area (Å²) >= 11 is 3.08. The van der Waals surface area contributed by atoms with Crippen LogP contribution in [0.1, 0.15) is 22.0 Å². The summed E-state index contributed by atoms with van der Waals surface area (Å²) in [4.78, 5) is 23.1. The average Bonchev–Trinajstić information content (AvgIpc) is 2.83. The molecule has 0 aliphatic rings. The van der Waals surface area contributed by atoms with Crippen LogP contribution in [0.3, 0.4) is 0 Å². The fourth-order valence-corrected chi connectivity index (χ4v) is 1.92. The van der Waals surface area contributed by atoms with E-state index in [-0.39, 0.29) is 5.56 Å². The first-order chi connectivity index (χ1) is 9.08. The van der Waals surface area contributed by atoms with Crippen LogP contribution in [-0.4, -0.2) is 17.0 Å². The van der Waals surface area contributed by atoms with Crippen molar-refractivity contribution in [2.45, 2.75) is 6.04 Å². The lowest BCUT2D eigenvalue weighted by molar-refractivity contribution is -0.139. The van der Waals surface area contributed by atoms with Crippen LogP contribution in [0, 0.1) is 0 Å². The van der Waals surface area contributed by atoms with Crippen molar-refractivity contribution in [3.63, 3.8) is 0 Å². The summed E-state index contributed by atoms with van der Waals surface area (Å²) in [6, 6.07) is 8.87. The third-order valence-electron chi connectivity index (χ3n) is 2.48. The van der Waals surface area contributed by atoms with E-state index in [0.717, 1.165) is 0 Å². The second kappa shape index (κ2) is 5.71. The molecule has 19 heavy (non-hydrogen) atoms. The van der Waals surface area contributed by atoms with E-state index in [1.807, 2.05) is 0 Å². The molecule has 0 saturated carbocycles. The van der Waals surface area contributed by atoms with Crippen LogP contribution >= 0.6 is 15.9 Å². The number of hydrogen-bond acceptors (Lipinski definition) is 3. The van der Waals surface area contributed by atoms with Gasteiger partial charge in [0.25, 0.3) is 5.91 Å². The minimum absolute atomic E-state index is 0.258. The summed E-state index contributed by atoms with van der Waals surface area (Å²) in [5, 5.41) is 11.6. The summed E-state index contributed by atoms with van der Waals surface area (Å²) in [6.07, 6.45) is 1.25. The molecule has 2 aromatic rings. The van der Waals surface area contributed by atoms with Crippen LogP contribution in [0.2, 0.25) is 0 Å². The SMILES string of the molecule is O=C(NC(C(=O)O)c1ccccc1)c1coc(Br)c1. The second-order valence-electron chi connectivity index (χ2n) is 3.79. The monoisotopic (exact) mass is 323 g/mol. The number of carboxylic acids is 1. The van der Waals surface area contributed by atoms with Crippen LogP contribution in [-0.2, 0) is 4.79 Å². The number of rotatable bonds is 4. The smallest absolute Gasteiger partial charge is 0.330 e. The van der Waals surface area contributed by atoms with Crippen LogP contribution in [0.4, 0.5) is 0 Å². The fraction of sp³-hybridized carbons (Fsp3) is 0.0769. The van der Waals surface area contributed by atoms with Crippen LogP contribution in [0.15, 0.2) is 51.7 Å². The molecular formula is C13H10BrNO4. The largest absolute Gasteiger partial charge is 0.479 e. The molecule has 2 N–H and O–H groups in total. The number of carbonyl (C=O) groups is 2. The topological polar surface area (TPSA) is 79.5 Å². The Hall–Kier alpha value is -2.08. The predicted molar refractivity (Wildman–Crippen MR) is 70.7 cm³/mol. The molecule has 0 saturated heterocycles. The van der Waals surface area contributed by atoms with Gasteiger partial charge in [0.05, 0.1) is 5.56 Å². The van der Waals surface area contributed by atoms with E-state index in [0.29, 0.717) is 10.2 Å². The number of amides is 1. The standard InChI is InChI=1S/C13H10BrNO4/c14-10-6-9(7-19-10)12(16)15-11(13(17)18)8-4-2-1-3-5-8/h1-7,11H,(H,15,16)(H,17,18). The normalized spacial score (nSPS) is 11.8. The zero-order valence-corrected chi connectivity index (χ0v) is 11.3. The molecule has 1 aromatic carbocycles. The van der Waals surface area contributed by atoms with E-state index < -0.39 is 17.9 Å². The van der Waals surface area contributed by atoms with Gasteiger partial charge in [-0.15, -0.1) is 0 Å². The Balaban J connectivity index is 2.18. The number of nitrogens with one attached hydrogen (secondary N) is 1. The molecule has 1 aromatic heterocycles. The maximum atomic E-state index is 11.9. The number of carbonyl (C=O) groups excluding carboxylic acids is 1. The second-order valence-corrected chi connectivity index (χ2v) is 4.58. The summed E-state index contributed by atoms with van der Waals surface area (Å²) < 4.78 is 5.35. The summed E-state index contributed by atoms with van der Waals surface area (Å²) in [5.74, 6) is -1.63. The van der Waals surface area contributed by atoms with E-state index in [1.54, 1.807) is 30.3 Å². The number of halogens is 1. The van der Waals surface area contributed by atoms with Crippen molar-refractivity contribution in [1.29, 1.82) is 0 Å². The van der Waals surface area contributed by atoms with E-state index in [2.05, 4.69) is 21.2 Å². The van der Waals surface area contributed by atoms with Crippen molar-refractivity contribution in [1.82, 2.24) is 5.32 Å². The summed E-state index contributed by atoms with van der Waals surface area (Å²) in [6.45, 7) is 0. The summed E-state index contributed by atoms with van der Waals surface area (Å²) in [7, 11) is 0. The molecule has 0 spiro atoms. The molecule has 6 heteroatoms. The van der Waals surface area contributed by atoms with Crippen LogP contribution in [0.25, 0.3) is 0 Å². The van der Waals surface area contributed by atoms with Gasteiger partial charge >= 0.3 is 5.97 Å². The number of benzene rings is 1. The number of hydrogen-bond donors (Lipinski definition) is 2. The molecule has 0 bridgehead atoms. The van der Waals surface area contributed by atoms with Gasteiger partial charge in [0.1, 0.15) is 6.26 Å².